The first kappa shape index (κ1) is 8.83. The van der Waals surface area contributed by atoms with E-state index in [1.807, 2.05) is 0 Å². The fraction of sp³-hybridized carbons (Fsp3) is 1.00. The topological polar surface area (TPSA) is 0 Å². The van der Waals surface area contributed by atoms with Gasteiger partial charge in [-0.2, -0.15) is 0 Å². The van der Waals surface area contributed by atoms with Crippen LogP contribution in [0.5, 0.6) is 0 Å². The Kier molecular flexibility index (Phi) is 1.59. The van der Waals surface area contributed by atoms with E-state index in [9.17, 15) is 0 Å². The molecule has 0 saturated heterocycles. The monoisotopic (exact) mass is 302 g/mol. The van der Waals surface area contributed by atoms with Crippen molar-refractivity contribution in [3.63, 3.8) is 0 Å². The Morgan fingerprint density at radius 2 is 1.71 bits per heavy atom. The molecule has 4 rings (SSSR count). The zero-order valence-electron chi connectivity index (χ0n) is 8.88. The standard InChI is InChI=1S/C13H19I/c1-13(14)6-9-5-10(13)12-8-3-2-7(4-8)11(9)12/h7-12H,2-6H2,1H3. The number of hydrogen-bond donors (Lipinski definition) is 0. The third-order valence-corrected chi connectivity index (χ3v) is 7.29. The fourth-order valence-corrected chi connectivity index (χ4v) is 7.08. The molecule has 7 unspecified atom stereocenters. The van der Waals surface area contributed by atoms with Crippen LogP contribution in [0.1, 0.15) is 39.0 Å². The highest BCUT2D eigenvalue weighted by molar-refractivity contribution is 14.1. The largest absolute Gasteiger partial charge is 0.0788 e. The smallest absolute Gasteiger partial charge is 0.0228 e. The highest BCUT2D eigenvalue weighted by atomic mass is 127. The minimum Gasteiger partial charge on any atom is -0.0788 e. The number of hydrogen-bond acceptors (Lipinski definition) is 0. The molecule has 1 heteroatoms. The summed E-state index contributed by atoms with van der Waals surface area (Å²) in [6, 6.07) is 0. The van der Waals surface area contributed by atoms with Crippen molar-refractivity contribution in [3.8, 4) is 0 Å². The molecule has 0 radical (unpaired) electrons. The Hall–Kier alpha value is 0.730. The van der Waals surface area contributed by atoms with E-state index >= 15 is 0 Å². The predicted octanol–water partition coefficient (Wildman–Crippen LogP) is 3.88. The van der Waals surface area contributed by atoms with Crippen LogP contribution in [-0.2, 0) is 0 Å². The van der Waals surface area contributed by atoms with Gasteiger partial charge in [-0.15, -0.1) is 0 Å². The summed E-state index contributed by atoms with van der Waals surface area (Å²) in [6.07, 6.45) is 7.94. The second-order valence-electron chi connectivity index (χ2n) is 6.57. The van der Waals surface area contributed by atoms with Gasteiger partial charge in [0.05, 0.1) is 0 Å². The lowest BCUT2D eigenvalue weighted by Crippen LogP contribution is -2.38. The van der Waals surface area contributed by atoms with E-state index in [1.165, 1.54) is 17.8 Å². The predicted molar refractivity (Wildman–Crippen MR) is 66.5 cm³/mol. The second kappa shape index (κ2) is 2.52. The Morgan fingerprint density at radius 1 is 1.00 bits per heavy atom. The van der Waals surface area contributed by atoms with Gasteiger partial charge in [0.15, 0.2) is 0 Å². The zero-order chi connectivity index (χ0) is 9.50. The molecule has 0 aromatic carbocycles. The van der Waals surface area contributed by atoms with Crippen LogP contribution in [0.2, 0.25) is 0 Å². The van der Waals surface area contributed by atoms with Gasteiger partial charge in [-0.1, -0.05) is 29.5 Å². The van der Waals surface area contributed by atoms with Gasteiger partial charge >= 0.3 is 0 Å². The summed E-state index contributed by atoms with van der Waals surface area (Å²) >= 11 is 2.78. The van der Waals surface area contributed by atoms with Gasteiger partial charge < -0.3 is 0 Å². The van der Waals surface area contributed by atoms with Gasteiger partial charge in [0.2, 0.25) is 0 Å². The van der Waals surface area contributed by atoms with E-state index in [4.69, 9.17) is 0 Å². The Balaban J connectivity index is 1.75. The van der Waals surface area contributed by atoms with Crippen molar-refractivity contribution in [1.29, 1.82) is 0 Å². The number of alkyl halides is 1. The summed E-state index contributed by atoms with van der Waals surface area (Å²) < 4.78 is 0.675. The van der Waals surface area contributed by atoms with Crippen molar-refractivity contribution in [3.05, 3.63) is 0 Å². The molecule has 0 nitrogen and oxygen atoms in total. The van der Waals surface area contributed by atoms with Crippen LogP contribution in [0.4, 0.5) is 0 Å². The van der Waals surface area contributed by atoms with Crippen LogP contribution in [0, 0.1) is 35.5 Å². The van der Waals surface area contributed by atoms with E-state index in [2.05, 4.69) is 29.5 Å². The SMILES string of the molecule is CC1(I)CC2CC1C1C3CCC(C3)C21. The number of halogens is 1. The van der Waals surface area contributed by atoms with Crippen molar-refractivity contribution in [2.75, 3.05) is 0 Å². The van der Waals surface area contributed by atoms with Crippen LogP contribution >= 0.6 is 22.6 Å². The van der Waals surface area contributed by atoms with Crippen LogP contribution in [-0.4, -0.2) is 3.42 Å². The maximum Gasteiger partial charge on any atom is 0.0228 e. The molecule has 0 aromatic heterocycles. The van der Waals surface area contributed by atoms with Crippen molar-refractivity contribution in [1.82, 2.24) is 0 Å². The molecule has 4 aliphatic rings. The normalized spacial score (nSPS) is 69.0. The minimum absolute atomic E-state index is 0.675. The molecule has 4 aliphatic carbocycles. The zero-order valence-corrected chi connectivity index (χ0v) is 11.0. The van der Waals surface area contributed by atoms with Gasteiger partial charge in [-0.05, 0) is 67.6 Å². The quantitative estimate of drug-likeness (QED) is 0.362. The molecule has 0 N–H and O–H groups in total. The summed E-state index contributed by atoms with van der Waals surface area (Å²) in [5.74, 6) is 6.95. The molecule has 4 fully saturated rings. The highest BCUT2D eigenvalue weighted by Crippen LogP contribution is 2.71. The molecular weight excluding hydrogens is 283 g/mol. The van der Waals surface area contributed by atoms with Gasteiger partial charge in [0.25, 0.3) is 0 Å². The molecule has 0 aliphatic heterocycles. The Labute approximate surface area is 100 Å². The molecule has 14 heavy (non-hydrogen) atoms. The Morgan fingerprint density at radius 3 is 2.50 bits per heavy atom. The second-order valence-corrected chi connectivity index (χ2v) is 9.04. The third kappa shape index (κ3) is 0.875. The Bertz CT molecular complexity index is 283. The van der Waals surface area contributed by atoms with Crippen molar-refractivity contribution in [2.24, 2.45) is 35.5 Å². The average Bonchev–Trinajstić information content (AvgIpc) is 2.73. The molecule has 4 saturated carbocycles. The summed E-state index contributed by atoms with van der Waals surface area (Å²) in [5, 5.41) is 0. The molecule has 0 amide bonds. The first-order valence-electron chi connectivity index (χ1n) is 6.36. The lowest BCUT2D eigenvalue weighted by atomic mass is 9.68. The van der Waals surface area contributed by atoms with Crippen LogP contribution < -0.4 is 0 Å². The van der Waals surface area contributed by atoms with Crippen molar-refractivity contribution < 1.29 is 0 Å². The van der Waals surface area contributed by atoms with E-state index in [1.54, 1.807) is 32.1 Å². The first-order valence-corrected chi connectivity index (χ1v) is 7.43. The first-order chi connectivity index (χ1) is 6.67. The summed E-state index contributed by atoms with van der Waals surface area (Å²) in [7, 11) is 0. The molecule has 0 aromatic rings. The van der Waals surface area contributed by atoms with E-state index in [0.29, 0.717) is 3.42 Å². The summed E-state index contributed by atoms with van der Waals surface area (Å²) in [6.45, 7) is 2.53. The lowest BCUT2D eigenvalue weighted by Gasteiger charge is -2.41. The highest BCUT2D eigenvalue weighted by Gasteiger charge is 2.64. The number of fused-ring (bicyclic) bond motifs is 9. The molecule has 0 heterocycles. The van der Waals surface area contributed by atoms with Crippen LogP contribution in [0.15, 0.2) is 0 Å². The van der Waals surface area contributed by atoms with Gasteiger partial charge in [0, 0.05) is 3.42 Å². The fourth-order valence-electron chi connectivity index (χ4n) is 5.85. The maximum absolute atomic E-state index is 2.78. The molecule has 0 spiro atoms. The minimum atomic E-state index is 0.675. The van der Waals surface area contributed by atoms with Gasteiger partial charge in [-0.25, -0.2) is 0 Å². The lowest BCUT2D eigenvalue weighted by molar-refractivity contribution is 0.130. The van der Waals surface area contributed by atoms with Gasteiger partial charge in [-0.3, -0.25) is 0 Å². The van der Waals surface area contributed by atoms with E-state index < -0.39 is 0 Å². The van der Waals surface area contributed by atoms with Crippen LogP contribution in [0.3, 0.4) is 0 Å². The third-order valence-electron chi connectivity index (χ3n) is 6.05. The molecular formula is C13H19I. The average molecular weight is 302 g/mol. The van der Waals surface area contributed by atoms with E-state index in [0.717, 1.165) is 17.8 Å². The number of rotatable bonds is 0. The summed E-state index contributed by atoms with van der Waals surface area (Å²) in [5.41, 5.74) is 0. The van der Waals surface area contributed by atoms with Crippen molar-refractivity contribution in [2.45, 2.75) is 42.4 Å². The molecule has 78 valence electrons. The summed E-state index contributed by atoms with van der Waals surface area (Å²) in [4.78, 5) is 0. The van der Waals surface area contributed by atoms with E-state index in [-0.39, 0.29) is 0 Å². The van der Waals surface area contributed by atoms with Gasteiger partial charge in [0.1, 0.15) is 0 Å². The van der Waals surface area contributed by atoms with Crippen LogP contribution in [0.25, 0.3) is 0 Å². The van der Waals surface area contributed by atoms with Crippen molar-refractivity contribution >= 4 is 22.6 Å². The molecule has 7 atom stereocenters. The molecule has 4 bridgehead atoms. The maximum atomic E-state index is 2.78.